The van der Waals surface area contributed by atoms with Crippen molar-refractivity contribution in [2.45, 2.75) is 11.3 Å². The number of benzene rings is 1. The highest BCUT2D eigenvalue weighted by atomic mass is 32.2. The van der Waals surface area contributed by atoms with E-state index in [-0.39, 0.29) is 4.90 Å². The van der Waals surface area contributed by atoms with Gasteiger partial charge in [-0.3, -0.25) is 0 Å². The van der Waals surface area contributed by atoms with Gasteiger partial charge in [0, 0.05) is 12.7 Å². The van der Waals surface area contributed by atoms with E-state index in [1.807, 2.05) is 0 Å². The number of hydrogen-bond donors (Lipinski definition) is 1. The second kappa shape index (κ2) is 5.27. The number of hydrogen-bond acceptors (Lipinski definition) is 4. The van der Waals surface area contributed by atoms with Crippen LogP contribution in [0.25, 0.3) is 0 Å². The molecule has 4 nitrogen and oxygen atoms in total. The molecule has 88 valence electrons. The fourth-order valence-corrected chi connectivity index (χ4v) is 1.77. The molecule has 0 heterocycles. The molecule has 0 unspecified atom stereocenters. The van der Waals surface area contributed by atoms with Crippen LogP contribution < -0.4 is 10.5 Å². The Hall–Kier alpha value is -1.14. The van der Waals surface area contributed by atoms with Crippen LogP contribution in [-0.4, -0.2) is 26.3 Å². The Balaban J connectivity index is 2.62. The van der Waals surface area contributed by atoms with E-state index in [1.54, 1.807) is 12.1 Å². The Labute approximate surface area is 100 Å². The van der Waals surface area contributed by atoms with Crippen molar-refractivity contribution in [1.29, 1.82) is 0 Å². The molecule has 0 aliphatic rings. The number of sulfone groups is 1. The molecule has 1 rings (SSSR count). The molecule has 0 aliphatic heterocycles. The lowest BCUT2D eigenvalue weighted by atomic mass is 10.3. The Morgan fingerprint density at radius 3 is 2.38 bits per heavy atom. The van der Waals surface area contributed by atoms with Crippen LogP contribution in [0.15, 0.2) is 29.2 Å². The Bertz CT molecular complexity index is 465. The number of thiocarbonyl (C=S) groups is 1. The predicted molar refractivity (Wildman–Crippen MR) is 66.4 cm³/mol. The van der Waals surface area contributed by atoms with Gasteiger partial charge in [0.05, 0.1) is 16.5 Å². The summed E-state index contributed by atoms with van der Waals surface area (Å²) >= 11 is 4.70. The van der Waals surface area contributed by atoms with Crippen LogP contribution in [0.4, 0.5) is 0 Å². The van der Waals surface area contributed by atoms with Gasteiger partial charge in [0.1, 0.15) is 5.75 Å². The molecule has 0 aromatic heterocycles. The van der Waals surface area contributed by atoms with Crippen molar-refractivity contribution in [1.82, 2.24) is 0 Å². The van der Waals surface area contributed by atoms with E-state index < -0.39 is 9.84 Å². The van der Waals surface area contributed by atoms with Crippen LogP contribution in [0.1, 0.15) is 6.42 Å². The zero-order valence-electron chi connectivity index (χ0n) is 8.84. The van der Waals surface area contributed by atoms with Crippen molar-refractivity contribution in [2.75, 3.05) is 12.9 Å². The van der Waals surface area contributed by atoms with Gasteiger partial charge in [-0.1, -0.05) is 12.2 Å². The molecular formula is C10H13NO3S2. The van der Waals surface area contributed by atoms with Gasteiger partial charge >= 0.3 is 0 Å². The summed E-state index contributed by atoms with van der Waals surface area (Å²) in [5.74, 6) is 0.601. The average Bonchev–Trinajstić information content (AvgIpc) is 2.16. The van der Waals surface area contributed by atoms with Gasteiger partial charge < -0.3 is 10.5 Å². The van der Waals surface area contributed by atoms with Gasteiger partial charge in [-0.25, -0.2) is 8.42 Å². The van der Waals surface area contributed by atoms with E-state index in [0.29, 0.717) is 23.8 Å². The average molecular weight is 259 g/mol. The minimum absolute atomic E-state index is 0.272. The molecule has 1 aromatic carbocycles. The fraction of sp³-hybridized carbons (Fsp3) is 0.300. The van der Waals surface area contributed by atoms with Crippen LogP contribution >= 0.6 is 12.2 Å². The monoisotopic (exact) mass is 259 g/mol. The first-order valence-corrected chi connectivity index (χ1v) is 6.91. The number of rotatable bonds is 5. The summed E-state index contributed by atoms with van der Waals surface area (Å²) in [4.78, 5) is 0.668. The summed E-state index contributed by atoms with van der Waals surface area (Å²) in [7, 11) is -3.15. The largest absolute Gasteiger partial charge is 0.493 e. The van der Waals surface area contributed by atoms with Gasteiger partial charge in [-0.2, -0.15) is 0 Å². The molecule has 0 fully saturated rings. The molecule has 1 aromatic rings. The van der Waals surface area contributed by atoms with Crippen LogP contribution in [-0.2, 0) is 9.84 Å². The third-order valence-corrected chi connectivity index (χ3v) is 3.20. The van der Waals surface area contributed by atoms with Crippen LogP contribution in [0, 0.1) is 0 Å². The number of nitrogens with two attached hydrogens (primary N) is 1. The maximum absolute atomic E-state index is 11.2. The van der Waals surface area contributed by atoms with Gasteiger partial charge in [-0.05, 0) is 24.3 Å². The first kappa shape index (κ1) is 12.9. The van der Waals surface area contributed by atoms with E-state index in [2.05, 4.69) is 0 Å². The van der Waals surface area contributed by atoms with E-state index >= 15 is 0 Å². The Morgan fingerprint density at radius 1 is 1.38 bits per heavy atom. The summed E-state index contributed by atoms with van der Waals surface area (Å²) < 4.78 is 27.7. The second-order valence-corrected chi connectivity index (χ2v) is 5.85. The van der Waals surface area contributed by atoms with Crippen LogP contribution in [0.5, 0.6) is 5.75 Å². The molecule has 0 amide bonds. The molecule has 0 aliphatic carbocycles. The quantitative estimate of drug-likeness (QED) is 0.803. The van der Waals surface area contributed by atoms with E-state index in [1.165, 1.54) is 12.1 Å². The lowest BCUT2D eigenvalue weighted by Gasteiger charge is -2.05. The van der Waals surface area contributed by atoms with Crippen molar-refractivity contribution < 1.29 is 13.2 Å². The fourth-order valence-electron chi connectivity index (χ4n) is 1.05. The molecule has 0 radical (unpaired) electrons. The van der Waals surface area contributed by atoms with Crippen molar-refractivity contribution in [2.24, 2.45) is 5.73 Å². The maximum atomic E-state index is 11.2. The minimum atomic E-state index is -3.15. The molecule has 16 heavy (non-hydrogen) atoms. The van der Waals surface area contributed by atoms with Crippen molar-refractivity contribution >= 4 is 27.0 Å². The molecule has 0 saturated carbocycles. The molecule has 0 spiro atoms. The third kappa shape index (κ3) is 4.16. The highest BCUT2D eigenvalue weighted by molar-refractivity contribution is 7.90. The van der Waals surface area contributed by atoms with Crippen molar-refractivity contribution in [3.05, 3.63) is 24.3 Å². The summed E-state index contributed by atoms with van der Waals surface area (Å²) in [5, 5.41) is 0. The zero-order valence-corrected chi connectivity index (χ0v) is 10.5. The van der Waals surface area contributed by atoms with Crippen molar-refractivity contribution in [3.8, 4) is 5.75 Å². The number of ether oxygens (including phenoxy) is 1. The smallest absolute Gasteiger partial charge is 0.175 e. The van der Waals surface area contributed by atoms with Crippen LogP contribution in [0.2, 0.25) is 0 Å². The first-order chi connectivity index (χ1) is 7.39. The summed E-state index contributed by atoms with van der Waals surface area (Å²) in [6.07, 6.45) is 1.67. The molecule has 2 N–H and O–H groups in total. The molecule has 6 heteroatoms. The lowest BCUT2D eigenvalue weighted by Crippen LogP contribution is -2.12. The lowest BCUT2D eigenvalue weighted by molar-refractivity contribution is 0.329. The van der Waals surface area contributed by atoms with E-state index in [4.69, 9.17) is 22.7 Å². The zero-order chi connectivity index (χ0) is 12.2. The molecule has 0 bridgehead atoms. The summed E-state index contributed by atoms with van der Waals surface area (Å²) in [6, 6.07) is 6.22. The molecule has 0 atom stereocenters. The van der Waals surface area contributed by atoms with Gasteiger partial charge in [0.25, 0.3) is 0 Å². The summed E-state index contributed by atoms with van der Waals surface area (Å²) in [5.41, 5.74) is 5.31. The molecular weight excluding hydrogens is 246 g/mol. The Kier molecular flexibility index (Phi) is 4.26. The predicted octanol–water partition coefficient (Wildman–Crippen LogP) is 1.15. The minimum Gasteiger partial charge on any atom is -0.493 e. The standard InChI is InChI=1S/C10H13NO3S2/c1-16(12,13)9-4-2-8(3-5-9)14-7-6-10(11)15/h2-5H,6-7H2,1H3,(H2,11,15). The highest BCUT2D eigenvalue weighted by Crippen LogP contribution is 2.15. The topological polar surface area (TPSA) is 69.4 Å². The highest BCUT2D eigenvalue weighted by Gasteiger charge is 2.06. The SMILES string of the molecule is CS(=O)(=O)c1ccc(OCCC(N)=S)cc1. The third-order valence-electron chi connectivity index (χ3n) is 1.87. The van der Waals surface area contributed by atoms with E-state index in [9.17, 15) is 8.42 Å². The maximum Gasteiger partial charge on any atom is 0.175 e. The van der Waals surface area contributed by atoms with Gasteiger partial charge in [0.15, 0.2) is 9.84 Å². The van der Waals surface area contributed by atoms with Crippen molar-refractivity contribution in [3.63, 3.8) is 0 Å². The van der Waals surface area contributed by atoms with Gasteiger partial charge in [-0.15, -0.1) is 0 Å². The van der Waals surface area contributed by atoms with E-state index in [0.717, 1.165) is 6.26 Å². The molecule has 0 saturated heterocycles. The second-order valence-electron chi connectivity index (χ2n) is 3.31. The normalized spacial score (nSPS) is 11.1. The van der Waals surface area contributed by atoms with Crippen LogP contribution in [0.3, 0.4) is 0 Å². The first-order valence-electron chi connectivity index (χ1n) is 4.61. The van der Waals surface area contributed by atoms with Gasteiger partial charge in [0.2, 0.25) is 0 Å². The Morgan fingerprint density at radius 2 is 1.94 bits per heavy atom. The summed E-state index contributed by atoms with van der Waals surface area (Å²) in [6.45, 7) is 0.396.